The van der Waals surface area contributed by atoms with E-state index in [2.05, 4.69) is 10.1 Å². The maximum atomic E-state index is 13.3. The molecule has 0 spiro atoms. The van der Waals surface area contributed by atoms with E-state index in [1.807, 2.05) is 24.8 Å². The van der Waals surface area contributed by atoms with Crippen molar-refractivity contribution in [2.75, 3.05) is 26.2 Å². The number of nitrogens with zero attached hydrogens (tertiary/aromatic N) is 3. The lowest BCUT2D eigenvalue weighted by Crippen LogP contribution is -2.48. The number of piperazine rings is 1. The van der Waals surface area contributed by atoms with E-state index in [1.165, 1.54) is 6.07 Å². The van der Waals surface area contributed by atoms with Crippen molar-refractivity contribution in [1.29, 1.82) is 0 Å². The molecule has 0 bridgehead atoms. The first kappa shape index (κ1) is 17.6. The molecule has 1 aromatic carbocycles. The minimum Gasteiger partial charge on any atom is -0.361 e. The van der Waals surface area contributed by atoms with E-state index >= 15 is 0 Å². The highest BCUT2D eigenvalue weighted by molar-refractivity contribution is 5.76. The number of halogens is 1. The molecule has 1 aliphatic rings. The van der Waals surface area contributed by atoms with Gasteiger partial charge in [-0.05, 0) is 38.0 Å². The van der Waals surface area contributed by atoms with Crippen LogP contribution in [0.5, 0.6) is 0 Å². The van der Waals surface area contributed by atoms with Crippen LogP contribution < -0.4 is 0 Å². The zero-order valence-electron chi connectivity index (χ0n) is 14.8. The van der Waals surface area contributed by atoms with Crippen LogP contribution in [0, 0.1) is 19.7 Å². The third-order valence-corrected chi connectivity index (χ3v) is 4.79. The van der Waals surface area contributed by atoms with E-state index < -0.39 is 0 Å². The summed E-state index contributed by atoms with van der Waals surface area (Å²) in [6.07, 6.45) is 1.15. The standard InChI is InChI=1S/C19H24FN3O2/c1-14-18(15(2)25-21-14)6-7-19(24)23-10-8-22(9-11-23)13-16-4-3-5-17(20)12-16/h3-5,12H,6-11,13H2,1-2H3. The highest BCUT2D eigenvalue weighted by Crippen LogP contribution is 2.16. The molecular formula is C19H24FN3O2. The van der Waals surface area contributed by atoms with Crippen molar-refractivity contribution in [2.45, 2.75) is 33.2 Å². The molecule has 6 heteroatoms. The Balaban J connectivity index is 1.46. The van der Waals surface area contributed by atoms with Gasteiger partial charge in [0, 0.05) is 44.7 Å². The second kappa shape index (κ2) is 7.78. The Bertz CT molecular complexity index is 717. The van der Waals surface area contributed by atoms with Crippen molar-refractivity contribution >= 4 is 5.91 Å². The molecule has 1 fully saturated rings. The van der Waals surface area contributed by atoms with Crippen molar-refractivity contribution in [3.63, 3.8) is 0 Å². The van der Waals surface area contributed by atoms with Gasteiger partial charge >= 0.3 is 0 Å². The molecular weight excluding hydrogens is 321 g/mol. The van der Waals surface area contributed by atoms with Crippen molar-refractivity contribution in [3.05, 3.63) is 52.7 Å². The summed E-state index contributed by atoms with van der Waals surface area (Å²) < 4.78 is 18.4. The van der Waals surface area contributed by atoms with E-state index in [0.29, 0.717) is 12.8 Å². The van der Waals surface area contributed by atoms with E-state index in [9.17, 15) is 9.18 Å². The van der Waals surface area contributed by atoms with Crippen molar-refractivity contribution in [1.82, 2.24) is 15.0 Å². The molecule has 1 aliphatic heterocycles. The third kappa shape index (κ3) is 4.45. The van der Waals surface area contributed by atoms with Crippen LogP contribution in [0.4, 0.5) is 4.39 Å². The summed E-state index contributed by atoms with van der Waals surface area (Å²) in [7, 11) is 0. The first-order chi connectivity index (χ1) is 12.0. The molecule has 0 aliphatic carbocycles. The van der Waals surface area contributed by atoms with E-state index in [-0.39, 0.29) is 11.7 Å². The first-order valence-corrected chi connectivity index (χ1v) is 8.69. The third-order valence-electron chi connectivity index (χ3n) is 4.79. The zero-order chi connectivity index (χ0) is 17.8. The normalized spacial score (nSPS) is 15.6. The Morgan fingerprint density at radius 3 is 2.64 bits per heavy atom. The second-order valence-electron chi connectivity index (χ2n) is 6.59. The van der Waals surface area contributed by atoms with Crippen molar-refractivity contribution in [3.8, 4) is 0 Å². The zero-order valence-corrected chi connectivity index (χ0v) is 14.8. The van der Waals surface area contributed by atoms with Gasteiger partial charge in [0.2, 0.25) is 5.91 Å². The molecule has 0 N–H and O–H groups in total. The summed E-state index contributed by atoms with van der Waals surface area (Å²) in [5, 5.41) is 3.93. The van der Waals surface area contributed by atoms with Gasteiger partial charge in [-0.1, -0.05) is 17.3 Å². The summed E-state index contributed by atoms with van der Waals surface area (Å²) in [6, 6.07) is 6.70. The van der Waals surface area contributed by atoms with Crippen molar-refractivity contribution < 1.29 is 13.7 Å². The predicted octanol–water partition coefficient (Wildman–Crippen LogP) is 2.71. The van der Waals surface area contributed by atoms with Gasteiger partial charge in [-0.15, -0.1) is 0 Å². The maximum Gasteiger partial charge on any atom is 0.222 e. The fourth-order valence-electron chi connectivity index (χ4n) is 3.30. The van der Waals surface area contributed by atoms with Crippen LogP contribution in [-0.4, -0.2) is 47.0 Å². The molecule has 3 rings (SSSR count). The molecule has 0 saturated carbocycles. The lowest BCUT2D eigenvalue weighted by atomic mass is 10.1. The number of hydrogen-bond donors (Lipinski definition) is 0. The van der Waals surface area contributed by atoms with Crippen LogP contribution >= 0.6 is 0 Å². The fraction of sp³-hybridized carbons (Fsp3) is 0.474. The van der Waals surface area contributed by atoms with E-state index in [1.54, 1.807) is 12.1 Å². The van der Waals surface area contributed by atoms with Crippen LogP contribution in [-0.2, 0) is 17.8 Å². The average Bonchev–Trinajstić information content (AvgIpc) is 2.92. The molecule has 134 valence electrons. The molecule has 2 aromatic rings. The van der Waals surface area contributed by atoms with Gasteiger partial charge in [0.05, 0.1) is 5.69 Å². The van der Waals surface area contributed by atoms with Gasteiger partial charge in [-0.3, -0.25) is 9.69 Å². The smallest absolute Gasteiger partial charge is 0.222 e. The highest BCUT2D eigenvalue weighted by atomic mass is 19.1. The number of hydrogen-bond acceptors (Lipinski definition) is 4. The minimum absolute atomic E-state index is 0.172. The number of amides is 1. The average molecular weight is 345 g/mol. The van der Waals surface area contributed by atoms with E-state index in [0.717, 1.165) is 55.3 Å². The topological polar surface area (TPSA) is 49.6 Å². The van der Waals surface area contributed by atoms with Crippen LogP contribution in [0.1, 0.15) is 29.0 Å². The lowest BCUT2D eigenvalue weighted by Gasteiger charge is -2.34. The Kier molecular flexibility index (Phi) is 5.48. The molecule has 1 aromatic heterocycles. The molecule has 25 heavy (non-hydrogen) atoms. The molecule has 0 unspecified atom stereocenters. The Morgan fingerprint density at radius 1 is 1.24 bits per heavy atom. The summed E-state index contributed by atoms with van der Waals surface area (Å²) in [5.41, 5.74) is 2.88. The summed E-state index contributed by atoms with van der Waals surface area (Å²) >= 11 is 0. The molecule has 1 saturated heterocycles. The Hall–Kier alpha value is -2.21. The molecule has 0 atom stereocenters. The number of aromatic nitrogens is 1. The summed E-state index contributed by atoms with van der Waals surface area (Å²) in [4.78, 5) is 16.6. The molecule has 1 amide bonds. The molecule has 2 heterocycles. The monoisotopic (exact) mass is 345 g/mol. The molecule has 5 nitrogen and oxygen atoms in total. The maximum absolute atomic E-state index is 13.3. The number of benzene rings is 1. The quantitative estimate of drug-likeness (QED) is 0.836. The van der Waals surface area contributed by atoms with Gasteiger partial charge in [0.15, 0.2) is 0 Å². The number of rotatable bonds is 5. The van der Waals surface area contributed by atoms with Gasteiger partial charge in [0.25, 0.3) is 0 Å². The van der Waals surface area contributed by atoms with Crippen LogP contribution in [0.2, 0.25) is 0 Å². The predicted molar refractivity (Wildman–Crippen MR) is 92.6 cm³/mol. The first-order valence-electron chi connectivity index (χ1n) is 8.69. The van der Waals surface area contributed by atoms with Crippen LogP contribution in [0.15, 0.2) is 28.8 Å². The Labute approximate surface area is 147 Å². The van der Waals surface area contributed by atoms with Crippen LogP contribution in [0.25, 0.3) is 0 Å². The second-order valence-corrected chi connectivity index (χ2v) is 6.59. The van der Waals surface area contributed by atoms with Gasteiger partial charge in [0.1, 0.15) is 11.6 Å². The fourth-order valence-corrected chi connectivity index (χ4v) is 3.30. The number of carbonyl (C=O) groups is 1. The van der Waals surface area contributed by atoms with Gasteiger partial charge in [-0.2, -0.15) is 0 Å². The largest absolute Gasteiger partial charge is 0.361 e. The number of carbonyl (C=O) groups excluding carboxylic acids is 1. The Morgan fingerprint density at radius 2 is 2.00 bits per heavy atom. The van der Waals surface area contributed by atoms with Gasteiger partial charge < -0.3 is 9.42 Å². The minimum atomic E-state index is -0.203. The van der Waals surface area contributed by atoms with Crippen LogP contribution in [0.3, 0.4) is 0 Å². The summed E-state index contributed by atoms with van der Waals surface area (Å²) in [6.45, 7) is 7.57. The van der Waals surface area contributed by atoms with Crippen molar-refractivity contribution in [2.24, 2.45) is 0 Å². The van der Waals surface area contributed by atoms with Gasteiger partial charge in [-0.25, -0.2) is 4.39 Å². The number of aryl methyl sites for hydroxylation is 2. The van der Waals surface area contributed by atoms with E-state index in [4.69, 9.17) is 4.52 Å². The molecule has 0 radical (unpaired) electrons. The SMILES string of the molecule is Cc1noc(C)c1CCC(=O)N1CCN(Cc2cccc(F)c2)CC1. The highest BCUT2D eigenvalue weighted by Gasteiger charge is 2.21. The lowest BCUT2D eigenvalue weighted by molar-refractivity contribution is -0.133. The summed E-state index contributed by atoms with van der Waals surface area (Å²) in [5.74, 6) is 0.765.